The first-order valence-electron chi connectivity index (χ1n) is 7.99. The molecule has 4 rings (SSSR count). The molecule has 3 aromatic rings. The third kappa shape index (κ3) is 2.54. The average Bonchev–Trinajstić information content (AvgIpc) is 3.04. The lowest BCUT2D eigenvalue weighted by Crippen LogP contribution is -2.37. The summed E-state index contributed by atoms with van der Waals surface area (Å²) in [6, 6.07) is 6.94. The number of anilines is 1. The summed E-state index contributed by atoms with van der Waals surface area (Å²) >= 11 is 0. The third-order valence-electron chi connectivity index (χ3n) is 4.06. The van der Waals surface area contributed by atoms with Gasteiger partial charge in [0.15, 0.2) is 22.8 Å². The van der Waals surface area contributed by atoms with Crippen LogP contribution in [-0.2, 0) is 11.3 Å². The molecule has 2 aromatic heterocycles. The molecule has 8 heteroatoms. The van der Waals surface area contributed by atoms with Gasteiger partial charge in [-0.15, -0.1) is 5.10 Å². The van der Waals surface area contributed by atoms with Gasteiger partial charge in [-0.3, -0.25) is 0 Å². The van der Waals surface area contributed by atoms with Gasteiger partial charge in [0.1, 0.15) is 5.75 Å². The third-order valence-corrected chi connectivity index (χ3v) is 4.06. The second-order valence-electron chi connectivity index (χ2n) is 5.60. The molecular formula is C16H18N6O2. The molecule has 1 N–H and O–H groups in total. The Morgan fingerprint density at radius 3 is 2.79 bits per heavy atom. The number of hydrogen-bond acceptors (Lipinski definition) is 7. The Morgan fingerprint density at radius 1 is 1.21 bits per heavy atom. The number of morpholine rings is 1. The second kappa shape index (κ2) is 6.04. The van der Waals surface area contributed by atoms with Crippen molar-refractivity contribution in [3.8, 4) is 17.1 Å². The van der Waals surface area contributed by atoms with Crippen molar-refractivity contribution in [2.45, 2.75) is 13.5 Å². The maximum Gasteiger partial charge on any atom is 0.184 e. The molecule has 0 aliphatic carbocycles. The summed E-state index contributed by atoms with van der Waals surface area (Å²) in [6.45, 7) is 5.51. The van der Waals surface area contributed by atoms with Crippen LogP contribution in [-0.4, -0.2) is 56.4 Å². The lowest BCUT2D eigenvalue weighted by molar-refractivity contribution is 0.122. The SMILES string of the molecule is CCn1nnc2c(N3CCOCC3)nc(-c3cccc(O)c3)nc21. The first-order chi connectivity index (χ1) is 11.8. The van der Waals surface area contributed by atoms with Crippen LogP contribution in [0.15, 0.2) is 24.3 Å². The zero-order valence-electron chi connectivity index (χ0n) is 13.4. The second-order valence-corrected chi connectivity index (χ2v) is 5.60. The largest absolute Gasteiger partial charge is 0.508 e. The molecule has 0 unspecified atom stereocenters. The molecule has 1 aliphatic heterocycles. The number of ether oxygens (including phenoxy) is 1. The molecule has 8 nitrogen and oxygen atoms in total. The number of fused-ring (bicyclic) bond motifs is 1. The van der Waals surface area contributed by atoms with Gasteiger partial charge >= 0.3 is 0 Å². The van der Waals surface area contributed by atoms with Crippen molar-refractivity contribution in [3.05, 3.63) is 24.3 Å². The molecule has 0 atom stereocenters. The van der Waals surface area contributed by atoms with Crippen LogP contribution in [0.1, 0.15) is 6.92 Å². The van der Waals surface area contributed by atoms with Crippen molar-refractivity contribution < 1.29 is 9.84 Å². The van der Waals surface area contributed by atoms with E-state index in [1.165, 1.54) is 0 Å². The van der Waals surface area contributed by atoms with E-state index in [0.29, 0.717) is 36.7 Å². The number of aryl methyl sites for hydroxylation is 1. The normalized spacial score (nSPS) is 15.1. The van der Waals surface area contributed by atoms with Crippen LogP contribution in [0, 0.1) is 0 Å². The number of phenolic OH excluding ortho intramolecular Hbond substituents is 1. The van der Waals surface area contributed by atoms with E-state index in [0.717, 1.165) is 24.5 Å². The van der Waals surface area contributed by atoms with Gasteiger partial charge in [0.25, 0.3) is 0 Å². The lowest BCUT2D eigenvalue weighted by atomic mass is 10.2. The Labute approximate surface area is 138 Å². The van der Waals surface area contributed by atoms with Crippen molar-refractivity contribution >= 4 is 17.0 Å². The highest BCUT2D eigenvalue weighted by molar-refractivity contribution is 5.85. The lowest BCUT2D eigenvalue weighted by Gasteiger charge is -2.27. The number of phenols is 1. The number of benzene rings is 1. The van der Waals surface area contributed by atoms with Crippen LogP contribution < -0.4 is 4.90 Å². The van der Waals surface area contributed by atoms with Gasteiger partial charge in [0, 0.05) is 25.2 Å². The van der Waals surface area contributed by atoms with Crippen molar-refractivity contribution in [3.63, 3.8) is 0 Å². The van der Waals surface area contributed by atoms with E-state index in [1.807, 2.05) is 13.0 Å². The van der Waals surface area contributed by atoms with E-state index in [2.05, 4.69) is 20.2 Å². The average molecular weight is 326 g/mol. The van der Waals surface area contributed by atoms with Crippen LogP contribution in [0.2, 0.25) is 0 Å². The summed E-state index contributed by atoms with van der Waals surface area (Å²) in [7, 11) is 0. The Bertz CT molecular complexity index is 872. The van der Waals surface area contributed by atoms with Gasteiger partial charge in [0.2, 0.25) is 0 Å². The maximum atomic E-state index is 9.75. The zero-order valence-corrected chi connectivity index (χ0v) is 13.4. The number of aromatic nitrogens is 5. The minimum Gasteiger partial charge on any atom is -0.508 e. The van der Waals surface area contributed by atoms with E-state index in [-0.39, 0.29) is 5.75 Å². The molecule has 3 heterocycles. The Balaban J connectivity index is 1.91. The van der Waals surface area contributed by atoms with E-state index >= 15 is 0 Å². The molecule has 1 aliphatic rings. The molecular weight excluding hydrogens is 308 g/mol. The minimum absolute atomic E-state index is 0.186. The van der Waals surface area contributed by atoms with Crippen LogP contribution in [0.25, 0.3) is 22.6 Å². The predicted molar refractivity (Wildman–Crippen MR) is 88.9 cm³/mol. The first-order valence-corrected chi connectivity index (χ1v) is 7.99. The van der Waals surface area contributed by atoms with Gasteiger partial charge < -0.3 is 14.7 Å². The fourth-order valence-electron chi connectivity index (χ4n) is 2.82. The summed E-state index contributed by atoms with van der Waals surface area (Å²) in [6.07, 6.45) is 0. The topological polar surface area (TPSA) is 89.2 Å². The molecule has 0 amide bonds. The predicted octanol–water partition coefficient (Wildman–Crippen LogP) is 1.45. The van der Waals surface area contributed by atoms with Gasteiger partial charge in [-0.2, -0.15) is 0 Å². The summed E-state index contributed by atoms with van der Waals surface area (Å²) in [5.74, 6) is 1.50. The minimum atomic E-state index is 0.186. The van der Waals surface area contributed by atoms with Gasteiger partial charge in [-0.1, -0.05) is 17.3 Å². The van der Waals surface area contributed by atoms with E-state index in [4.69, 9.17) is 9.72 Å². The standard InChI is InChI=1S/C16H18N6O2/c1-2-22-16-13(19-20-22)15(21-6-8-24-9-7-21)17-14(18-16)11-4-3-5-12(23)10-11/h3-5,10,23H,2,6-9H2,1H3. The van der Waals surface area contributed by atoms with Gasteiger partial charge in [-0.05, 0) is 19.1 Å². The van der Waals surface area contributed by atoms with Gasteiger partial charge in [-0.25, -0.2) is 14.6 Å². The Hall–Kier alpha value is -2.74. The smallest absolute Gasteiger partial charge is 0.184 e. The molecule has 24 heavy (non-hydrogen) atoms. The van der Waals surface area contributed by atoms with Gasteiger partial charge in [0.05, 0.1) is 13.2 Å². The quantitative estimate of drug-likeness (QED) is 0.779. The molecule has 0 saturated carbocycles. The molecule has 124 valence electrons. The monoisotopic (exact) mass is 326 g/mol. The fraction of sp³-hybridized carbons (Fsp3) is 0.375. The highest BCUT2D eigenvalue weighted by Crippen LogP contribution is 2.28. The van der Waals surface area contributed by atoms with Crippen LogP contribution in [0.4, 0.5) is 5.82 Å². The Kier molecular flexibility index (Phi) is 3.73. The van der Waals surface area contributed by atoms with E-state index < -0.39 is 0 Å². The summed E-state index contributed by atoms with van der Waals surface area (Å²) in [4.78, 5) is 11.5. The molecule has 1 fully saturated rings. The number of hydrogen-bond donors (Lipinski definition) is 1. The molecule has 0 bridgehead atoms. The van der Waals surface area contributed by atoms with Crippen LogP contribution in [0.5, 0.6) is 5.75 Å². The Morgan fingerprint density at radius 2 is 2.04 bits per heavy atom. The molecule has 0 radical (unpaired) electrons. The first kappa shape index (κ1) is 14.8. The van der Waals surface area contributed by atoms with Crippen molar-refractivity contribution in [1.82, 2.24) is 25.0 Å². The highest BCUT2D eigenvalue weighted by atomic mass is 16.5. The van der Waals surface area contributed by atoms with Crippen LogP contribution >= 0.6 is 0 Å². The van der Waals surface area contributed by atoms with Crippen molar-refractivity contribution in [2.75, 3.05) is 31.2 Å². The molecule has 1 saturated heterocycles. The molecule has 1 aromatic carbocycles. The molecule has 0 spiro atoms. The van der Waals surface area contributed by atoms with Crippen molar-refractivity contribution in [1.29, 1.82) is 0 Å². The summed E-state index contributed by atoms with van der Waals surface area (Å²) < 4.78 is 7.19. The van der Waals surface area contributed by atoms with Crippen LogP contribution in [0.3, 0.4) is 0 Å². The van der Waals surface area contributed by atoms with E-state index in [9.17, 15) is 5.11 Å². The van der Waals surface area contributed by atoms with Crippen molar-refractivity contribution in [2.24, 2.45) is 0 Å². The fourth-order valence-corrected chi connectivity index (χ4v) is 2.82. The summed E-state index contributed by atoms with van der Waals surface area (Å²) in [5.41, 5.74) is 2.16. The number of nitrogens with zero attached hydrogens (tertiary/aromatic N) is 6. The van der Waals surface area contributed by atoms with E-state index in [1.54, 1.807) is 22.9 Å². The summed E-state index contributed by atoms with van der Waals surface area (Å²) in [5, 5.41) is 18.2. The highest BCUT2D eigenvalue weighted by Gasteiger charge is 2.21. The number of rotatable bonds is 3. The number of aromatic hydroxyl groups is 1. The maximum absolute atomic E-state index is 9.75. The zero-order chi connectivity index (χ0) is 16.5.